The molecule has 1 aliphatic rings. The number of carboxylic acids is 1. The molecule has 0 bridgehead atoms. The van der Waals surface area contributed by atoms with Crippen molar-refractivity contribution >= 4 is 34.8 Å². The number of hydrogen-bond donors (Lipinski definition) is 1. The van der Waals surface area contributed by atoms with Gasteiger partial charge in [-0.15, -0.1) is 22.9 Å². The van der Waals surface area contributed by atoms with Gasteiger partial charge in [-0.3, -0.25) is 9.59 Å². The van der Waals surface area contributed by atoms with Crippen molar-refractivity contribution in [3.8, 4) is 0 Å². The maximum Gasteiger partial charge on any atom is 0.305 e. The number of carbonyl (C=O) groups excluding carboxylic acids is 1. The third-order valence-corrected chi connectivity index (χ3v) is 4.48. The summed E-state index contributed by atoms with van der Waals surface area (Å²) in [5.41, 5.74) is 0. The molecule has 4 nitrogen and oxygen atoms in total. The molecule has 0 saturated carbocycles. The van der Waals surface area contributed by atoms with Gasteiger partial charge in [-0.25, -0.2) is 0 Å². The third-order valence-electron chi connectivity index (χ3n) is 3.07. The Kier molecular flexibility index (Phi) is 4.24. The molecule has 18 heavy (non-hydrogen) atoms. The standard InChI is InChI=1S/C12H14ClNO3S/c13-6-8-4-11(15)14(7-8)9(5-12(16)17)10-2-1-3-18-10/h1-3,8-9H,4-7H2,(H,16,17). The van der Waals surface area contributed by atoms with E-state index in [1.165, 1.54) is 11.3 Å². The van der Waals surface area contributed by atoms with Gasteiger partial charge in [0.05, 0.1) is 12.5 Å². The number of nitrogens with zero attached hydrogens (tertiary/aromatic N) is 1. The van der Waals surface area contributed by atoms with Gasteiger partial charge in [0.2, 0.25) is 5.91 Å². The molecular formula is C12H14ClNO3S. The fourth-order valence-electron chi connectivity index (χ4n) is 2.22. The van der Waals surface area contributed by atoms with Crippen LogP contribution in [0.2, 0.25) is 0 Å². The van der Waals surface area contributed by atoms with Crippen LogP contribution in [0.25, 0.3) is 0 Å². The van der Waals surface area contributed by atoms with E-state index >= 15 is 0 Å². The first-order valence-corrected chi connectivity index (χ1v) is 7.14. The van der Waals surface area contributed by atoms with E-state index in [0.29, 0.717) is 18.8 Å². The first kappa shape index (κ1) is 13.4. The first-order chi connectivity index (χ1) is 8.61. The lowest BCUT2D eigenvalue weighted by Gasteiger charge is -2.26. The average molecular weight is 288 g/mol. The fourth-order valence-corrected chi connectivity index (χ4v) is 3.27. The lowest BCUT2D eigenvalue weighted by Crippen LogP contribution is -2.31. The maximum absolute atomic E-state index is 11.9. The summed E-state index contributed by atoms with van der Waals surface area (Å²) in [7, 11) is 0. The van der Waals surface area contributed by atoms with Crippen LogP contribution in [0.5, 0.6) is 0 Å². The molecule has 0 aromatic carbocycles. The predicted octanol–water partition coefficient (Wildman–Crippen LogP) is 2.35. The molecule has 6 heteroatoms. The largest absolute Gasteiger partial charge is 0.481 e. The minimum absolute atomic E-state index is 0.000278. The summed E-state index contributed by atoms with van der Waals surface area (Å²) in [6.07, 6.45) is 0.367. The second-order valence-corrected chi connectivity index (χ2v) is 5.69. The van der Waals surface area contributed by atoms with Crippen LogP contribution in [-0.2, 0) is 9.59 Å². The van der Waals surface area contributed by atoms with Gasteiger partial charge in [-0.1, -0.05) is 6.07 Å². The van der Waals surface area contributed by atoms with E-state index in [2.05, 4.69) is 0 Å². The van der Waals surface area contributed by atoms with Gasteiger partial charge in [0.15, 0.2) is 0 Å². The van der Waals surface area contributed by atoms with Crippen LogP contribution in [0.4, 0.5) is 0 Å². The number of carboxylic acid groups (broad SMARTS) is 1. The Hall–Kier alpha value is -1.07. The van der Waals surface area contributed by atoms with Crippen molar-refractivity contribution in [2.24, 2.45) is 5.92 Å². The highest BCUT2D eigenvalue weighted by atomic mass is 35.5. The molecule has 1 aromatic heterocycles. The number of rotatable bonds is 5. The second-order valence-electron chi connectivity index (χ2n) is 4.40. The molecule has 2 rings (SSSR count). The topological polar surface area (TPSA) is 57.6 Å². The molecule has 1 saturated heterocycles. The summed E-state index contributed by atoms with van der Waals surface area (Å²) in [5, 5.41) is 10.9. The SMILES string of the molecule is O=C(O)CC(c1cccs1)N1CC(CCl)CC1=O. The van der Waals surface area contributed by atoms with Gasteiger partial charge in [0.25, 0.3) is 0 Å². The lowest BCUT2D eigenvalue weighted by molar-refractivity contribution is -0.139. The number of likely N-dealkylation sites (tertiary alicyclic amines) is 1. The van der Waals surface area contributed by atoms with E-state index < -0.39 is 5.97 Å². The molecule has 1 fully saturated rings. The zero-order valence-corrected chi connectivity index (χ0v) is 11.3. The smallest absolute Gasteiger partial charge is 0.305 e. The minimum Gasteiger partial charge on any atom is -0.481 e. The molecule has 2 heterocycles. The van der Waals surface area contributed by atoms with Crippen LogP contribution in [0.15, 0.2) is 17.5 Å². The van der Waals surface area contributed by atoms with Gasteiger partial charge in [-0.05, 0) is 17.4 Å². The molecule has 1 aromatic rings. The summed E-state index contributed by atoms with van der Waals surface area (Å²) >= 11 is 7.26. The van der Waals surface area contributed by atoms with Gasteiger partial charge in [0, 0.05) is 23.7 Å². The van der Waals surface area contributed by atoms with E-state index in [0.717, 1.165) is 4.88 Å². The highest BCUT2D eigenvalue weighted by Gasteiger charge is 2.35. The maximum atomic E-state index is 11.9. The molecule has 1 aliphatic heterocycles. The van der Waals surface area contributed by atoms with Crippen LogP contribution < -0.4 is 0 Å². The zero-order valence-electron chi connectivity index (χ0n) is 9.71. The Morgan fingerprint density at radius 2 is 2.44 bits per heavy atom. The summed E-state index contributed by atoms with van der Waals surface area (Å²) in [5.74, 6) is -0.321. The fraction of sp³-hybridized carbons (Fsp3) is 0.500. The van der Waals surface area contributed by atoms with Gasteiger partial charge < -0.3 is 10.0 Å². The van der Waals surface area contributed by atoms with Crippen molar-refractivity contribution in [1.29, 1.82) is 0 Å². The normalized spacial score (nSPS) is 21.3. The molecule has 0 radical (unpaired) electrons. The predicted molar refractivity (Wildman–Crippen MR) is 69.9 cm³/mol. The summed E-state index contributed by atoms with van der Waals surface area (Å²) < 4.78 is 0. The number of carbonyl (C=O) groups is 2. The van der Waals surface area contributed by atoms with Crippen molar-refractivity contribution < 1.29 is 14.7 Å². The molecule has 98 valence electrons. The van der Waals surface area contributed by atoms with Crippen molar-refractivity contribution in [2.75, 3.05) is 12.4 Å². The molecule has 2 atom stereocenters. The van der Waals surface area contributed by atoms with Crippen LogP contribution in [0, 0.1) is 5.92 Å². The molecule has 1 N–H and O–H groups in total. The van der Waals surface area contributed by atoms with Crippen LogP contribution in [-0.4, -0.2) is 34.3 Å². The Balaban J connectivity index is 2.19. The summed E-state index contributed by atoms with van der Waals surface area (Å²) in [4.78, 5) is 25.5. The van der Waals surface area contributed by atoms with E-state index in [1.54, 1.807) is 4.90 Å². The van der Waals surface area contributed by atoms with E-state index in [-0.39, 0.29) is 24.3 Å². The second kappa shape index (κ2) is 5.71. The van der Waals surface area contributed by atoms with Gasteiger partial charge in [0.1, 0.15) is 0 Å². The number of amides is 1. The average Bonchev–Trinajstić information content (AvgIpc) is 2.95. The summed E-state index contributed by atoms with van der Waals surface area (Å²) in [6.45, 7) is 0.554. The molecule has 0 aliphatic carbocycles. The monoisotopic (exact) mass is 287 g/mol. The van der Waals surface area contributed by atoms with E-state index in [4.69, 9.17) is 16.7 Å². The van der Waals surface area contributed by atoms with Crippen molar-refractivity contribution in [3.05, 3.63) is 22.4 Å². The van der Waals surface area contributed by atoms with Crippen LogP contribution >= 0.6 is 22.9 Å². The highest BCUT2D eigenvalue weighted by molar-refractivity contribution is 7.10. The first-order valence-electron chi connectivity index (χ1n) is 5.72. The van der Waals surface area contributed by atoms with Gasteiger partial charge >= 0.3 is 5.97 Å². The molecule has 1 amide bonds. The zero-order chi connectivity index (χ0) is 13.1. The quantitative estimate of drug-likeness (QED) is 0.846. The van der Waals surface area contributed by atoms with Crippen molar-refractivity contribution in [3.63, 3.8) is 0 Å². The number of alkyl halides is 1. The number of aliphatic carboxylic acids is 1. The summed E-state index contributed by atoms with van der Waals surface area (Å²) in [6, 6.07) is 3.39. The van der Waals surface area contributed by atoms with E-state index in [1.807, 2.05) is 17.5 Å². The lowest BCUT2D eigenvalue weighted by atomic mass is 10.1. The number of hydrogen-bond acceptors (Lipinski definition) is 3. The Bertz CT molecular complexity index is 435. The Labute approximate surface area is 114 Å². The minimum atomic E-state index is -0.893. The van der Waals surface area contributed by atoms with E-state index in [9.17, 15) is 9.59 Å². The third kappa shape index (κ3) is 2.84. The molecule has 2 unspecified atom stereocenters. The Morgan fingerprint density at radius 1 is 1.67 bits per heavy atom. The van der Waals surface area contributed by atoms with Crippen molar-refractivity contribution in [2.45, 2.75) is 18.9 Å². The highest BCUT2D eigenvalue weighted by Crippen LogP contribution is 2.33. The van der Waals surface area contributed by atoms with Crippen LogP contribution in [0.1, 0.15) is 23.8 Å². The number of halogens is 1. The van der Waals surface area contributed by atoms with Crippen molar-refractivity contribution in [1.82, 2.24) is 4.90 Å². The van der Waals surface area contributed by atoms with Crippen LogP contribution in [0.3, 0.4) is 0 Å². The molecular weight excluding hydrogens is 274 g/mol. The number of thiophene rings is 1. The molecule has 0 spiro atoms. The Morgan fingerprint density at radius 3 is 2.94 bits per heavy atom. The van der Waals surface area contributed by atoms with Gasteiger partial charge in [-0.2, -0.15) is 0 Å².